The molecule has 0 radical (unpaired) electrons. The van der Waals surface area contributed by atoms with E-state index in [0.717, 1.165) is 23.7 Å². The summed E-state index contributed by atoms with van der Waals surface area (Å²) in [6, 6.07) is 0. The van der Waals surface area contributed by atoms with Gasteiger partial charge < -0.3 is 0 Å². The SMILES string of the molecule is C[C@@H]1CC[C@H](C)[C@H](C)CC[C@@H]1C. The van der Waals surface area contributed by atoms with Gasteiger partial charge in [-0.1, -0.05) is 53.4 Å². The molecule has 0 spiro atoms. The summed E-state index contributed by atoms with van der Waals surface area (Å²) in [6.45, 7) is 9.70. The Labute approximate surface area is 77.7 Å². The van der Waals surface area contributed by atoms with Gasteiger partial charge in [-0.2, -0.15) is 0 Å². The van der Waals surface area contributed by atoms with E-state index in [1.54, 1.807) is 0 Å². The number of hydrogen-bond donors (Lipinski definition) is 0. The van der Waals surface area contributed by atoms with Gasteiger partial charge in [0, 0.05) is 0 Å². The van der Waals surface area contributed by atoms with Crippen molar-refractivity contribution in [2.24, 2.45) is 23.7 Å². The van der Waals surface area contributed by atoms with Crippen molar-refractivity contribution in [3.05, 3.63) is 0 Å². The molecule has 0 amide bonds. The normalized spacial score (nSPS) is 45.0. The summed E-state index contributed by atoms with van der Waals surface area (Å²) >= 11 is 0. The third kappa shape index (κ3) is 2.50. The molecule has 0 aromatic rings. The Bertz CT molecular complexity index is 96.0. The lowest BCUT2D eigenvalue weighted by atomic mass is 9.77. The molecule has 1 fully saturated rings. The Morgan fingerprint density at radius 2 is 0.667 bits per heavy atom. The first-order valence-corrected chi connectivity index (χ1v) is 5.61. The van der Waals surface area contributed by atoms with Crippen LogP contribution < -0.4 is 0 Å². The summed E-state index contributed by atoms with van der Waals surface area (Å²) < 4.78 is 0. The molecule has 0 heterocycles. The molecule has 1 aliphatic carbocycles. The molecular formula is C12H24. The molecule has 72 valence electrons. The second kappa shape index (κ2) is 4.30. The minimum Gasteiger partial charge on any atom is -0.0623 e. The van der Waals surface area contributed by atoms with Gasteiger partial charge >= 0.3 is 0 Å². The summed E-state index contributed by atoms with van der Waals surface area (Å²) in [4.78, 5) is 0. The summed E-state index contributed by atoms with van der Waals surface area (Å²) in [5.41, 5.74) is 0. The predicted molar refractivity (Wildman–Crippen MR) is 55.1 cm³/mol. The molecule has 1 rings (SSSR count). The van der Waals surface area contributed by atoms with Crippen LogP contribution in [0.4, 0.5) is 0 Å². The molecular weight excluding hydrogens is 144 g/mol. The van der Waals surface area contributed by atoms with E-state index in [9.17, 15) is 0 Å². The Hall–Kier alpha value is 0. The van der Waals surface area contributed by atoms with E-state index in [1.807, 2.05) is 0 Å². The fourth-order valence-electron chi connectivity index (χ4n) is 2.19. The molecule has 0 N–H and O–H groups in total. The predicted octanol–water partition coefficient (Wildman–Crippen LogP) is 4.10. The molecule has 0 bridgehead atoms. The van der Waals surface area contributed by atoms with Crippen molar-refractivity contribution in [3.8, 4) is 0 Å². The highest BCUT2D eigenvalue weighted by Crippen LogP contribution is 2.32. The highest BCUT2D eigenvalue weighted by Gasteiger charge is 2.21. The zero-order valence-corrected chi connectivity index (χ0v) is 9.14. The Morgan fingerprint density at radius 3 is 0.833 bits per heavy atom. The van der Waals surface area contributed by atoms with Gasteiger partial charge in [0.25, 0.3) is 0 Å². The molecule has 0 aromatic heterocycles. The highest BCUT2D eigenvalue weighted by atomic mass is 14.3. The zero-order chi connectivity index (χ0) is 9.14. The minimum atomic E-state index is 0.958. The van der Waals surface area contributed by atoms with E-state index >= 15 is 0 Å². The standard InChI is InChI=1S/C12H24/c1-9-5-6-11(3)12(4)8-7-10(9)2/h9-12H,5-8H2,1-4H3/t9-,10+,11+,12-. The Morgan fingerprint density at radius 1 is 0.500 bits per heavy atom. The second-order valence-electron chi connectivity index (χ2n) is 5.06. The summed E-state index contributed by atoms with van der Waals surface area (Å²) in [6.07, 6.45) is 5.80. The van der Waals surface area contributed by atoms with Gasteiger partial charge in [0.2, 0.25) is 0 Å². The molecule has 0 nitrogen and oxygen atoms in total. The molecule has 4 atom stereocenters. The molecule has 0 aliphatic heterocycles. The van der Waals surface area contributed by atoms with E-state index in [-0.39, 0.29) is 0 Å². The van der Waals surface area contributed by atoms with Crippen LogP contribution in [0.5, 0.6) is 0 Å². The average Bonchev–Trinajstić information content (AvgIpc) is 2.07. The molecule has 12 heavy (non-hydrogen) atoms. The monoisotopic (exact) mass is 168 g/mol. The average molecular weight is 168 g/mol. The van der Waals surface area contributed by atoms with E-state index in [4.69, 9.17) is 0 Å². The van der Waals surface area contributed by atoms with Crippen molar-refractivity contribution in [2.75, 3.05) is 0 Å². The van der Waals surface area contributed by atoms with Crippen molar-refractivity contribution in [1.82, 2.24) is 0 Å². The van der Waals surface area contributed by atoms with Crippen molar-refractivity contribution in [1.29, 1.82) is 0 Å². The molecule has 1 aliphatic rings. The van der Waals surface area contributed by atoms with Gasteiger partial charge in [-0.15, -0.1) is 0 Å². The first-order valence-electron chi connectivity index (χ1n) is 5.61. The van der Waals surface area contributed by atoms with Crippen LogP contribution in [0.1, 0.15) is 53.4 Å². The van der Waals surface area contributed by atoms with Crippen molar-refractivity contribution in [2.45, 2.75) is 53.4 Å². The van der Waals surface area contributed by atoms with Crippen LogP contribution in [0.2, 0.25) is 0 Å². The molecule has 0 heteroatoms. The fourth-order valence-corrected chi connectivity index (χ4v) is 2.19. The first kappa shape index (κ1) is 10.1. The van der Waals surface area contributed by atoms with E-state index in [2.05, 4.69) is 27.7 Å². The van der Waals surface area contributed by atoms with Crippen LogP contribution in [0, 0.1) is 23.7 Å². The quantitative estimate of drug-likeness (QED) is 0.511. The first-order chi connectivity index (χ1) is 5.61. The Kier molecular flexibility index (Phi) is 3.61. The third-order valence-electron chi connectivity index (χ3n) is 4.10. The van der Waals surface area contributed by atoms with Gasteiger partial charge in [-0.25, -0.2) is 0 Å². The molecule has 0 unspecified atom stereocenters. The van der Waals surface area contributed by atoms with Crippen LogP contribution in [-0.2, 0) is 0 Å². The molecule has 1 saturated carbocycles. The molecule has 0 saturated heterocycles. The molecule has 0 aromatic carbocycles. The zero-order valence-electron chi connectivity index (χ0n) is 9.14. The van der Waals surface area contributed by atoms with Crippen LogP contribution in [0.15, 0.2) is 0 Å². The van der Waals surface area contributed by atoms with Crippen LogP contribution in [0.25, 0.3) is 0 Å². The van der Waals surface area contributed by atoms with Crippen molar-refractivity contribution < 1.29 is 0 Å². The van der Waals surface area contributed by atoms with Gasteiger partial charge in [0.1, 0.15) is 0 Å². The van der Waals surface area contributed by atoms with Crippen molar-refractivity contribution in [3.63, 3.8) is 0 Å². The second-order valence-corrected chi connectivity index (χ2v) is 5.06. The van der Waals surface area contributed by atoms with Gasteiger partial charge in [0.05, 0.1) is 0 Å². The lowest BCUT2D eigenvalue weighted by Gasteiger charge is -2.29. The van der Waals surface area contributed by atoms with Crippen LogP contribution in [0.3, 0.4) is 0 Å². The Balaban J connectivity index is 2.45. The minimum absolute atomic E-state index is 0.958. The highest BCUT2D eigenvalue weighted by molar-refractivity contribution is 4.72. The van der Waals surface area contributed by atoms with Gasteiger partial charge in [-0.3, -0.25) is 0 Å². The van der Waals surface area contributed by atoms with E-state index < -0.39 is 0 Å². The number of hydrogen-bond acceptors (Lipinski definition) is 0. The maximum atomic E-state index is 2.42. The van der Waals surface area contributed by atoms with Crippen LogP contribution in [-0.4, -0.2) is 0 Å². The third-order valence-corrected chi connectivity index (χ3v) is 4.10. The summed E-state index contributed by atoms with van der Waals surface area (Å²) in [5, 5.41) is 0. The van der Waals surface area contributed by atoms with Gasteiger partial charge in [-0.05, 0) is 23.7 Å². The maximum Gasteiger partial charge on any atom is -0.0417 e. The van der Waals surface area contributed by atoms with Crippen molar-refractivity contribution >= 4 is 0 Å². The van der Waals surface area contributed by atoms with Crippen LogP contribution >= 0.6 is 0 Å². The summed E-state index contributed by atoms with van der Waals surface area (Å²) in [5.74, 6) is 3.83. The largest absolute Gasteiger partial charge is 0.0623 e. The fraction of sp³-hybridized carbons (Fsp3) is 1.00. The maximum absolute atomic E-state index is 2.42. The van der Waals surface area contributed by atoms with E-state index in [1.165, 1.54) is 25.7 Å². The lowest BCUT2D eigenvalue weighted by Crippen LogP contribution is -2.18. The summed E-state index contributed by atoms with van der Waals surface area (Å²) in [7, 11) is 0. The van der Waals surface area contributed by atoms with E-state index in [0.29, 0.717) is 0 Å². The number of rotatable bonds is 0. The topological polar surface area (TPSA) is 0 Å². The van der Waals surface area contributed by atoms with Gasteiger partial charge in [0.15, 0.2) is 0 Å². The lowest BCUT2D eigenvalue weighted by molar-refractivity contribution is 0.219. The smallest absolute Gasteiger partial charge is 0.0417 e.